The minimum atomic E-state index is 0.134. The van der Waals surface area contributed by atoms with E-state index in [1.165, 1.54) is 12.8 Å². The Kier molecular flexibility index (Phi) is 5.45. The first kappa shape index (κ1) is 14.6. The number of ether oxygens (including phenoxy) is 1. The average molecular weight is 269 g/mol. The van der Waals surface area contributed by atoms with E-state index in [9.17, 15) is 4.79 Å². The van der Waals surface area contributed by atoms with Crippen molar-refractivity contribution in [2.45, 2.75) is 50.7 Å². The summed E-state index contributed by atoms with van der Waals surface area (Å²) in [5.74, 6) is 0. The molecule has 0 aliphatic carbocycles. The molecule has 0 aromatic heterocycles. The van der Waals surface area contributed by atoms with E-state index in [2.05, 4.69) is 0 Å². The van der Waals surface area contributed by atoms with Crippen LogP contribution in [0.5, 0.6) is 0 Å². The Bertz CT molecular complexity index is 290. The molecule has 19 heavy (non-hydrogen) atoms. The van der Waals surface area contributed by atoms with E-state index < -0.39 is 0 Å². The fourth-order valence-corrected chi connectivity index (χ4v) is 3.15. The minimum absolute atomic E-state index is 0.134. The van der Waals surface area contributed by atoms with E-state index in [0.29, 0.717) is 6.54 Å². The Balaban J connectivity index is 1.96. The van der Waals surface area contributed by atoms with Crippen LogP contribution in [-0.4, -0.2) is 61.3 Å². The molecule has 2 N–H and O–H groups in total. The van der Waals surface area contributed by atoms with Crippen molar-refractivity contribution in [1.82, 2.24) is 9.80 Å². The number of hydrogen-bond acceptors (Lipinski definition) is 3. The molecular formula is C14H27N3O2. The zero-order valence-corrected chi connectivity index (χ0v) is 12.0. The molecule has 2 amide bonds. The first-order valence-corrected chi connectivity index (χ1v) is 7.54. The van der Waals surface area contributed by atoms with Crippen LogP contribution in [0.15, 0.2) is 0 Å². The molecule has 2 rings (SSSR count). The summed E-state index contributed by atoms with van der Waals surface area (Å²) in [5.41, 5.74) is 5.84. The molecule has 0 aromatic carbocycles. The molecule has 0 saturated carbocycles. The molecule has 2 saturated heterocycles. The number of rotatable bonds is 2. The van der Waals surface area contributed by atoms with Gasteiger partial charge in [0.15, 0.2) is 0 Å². The van der Waals surface area contributed by atoms with Gasteiger partial charge in [-0.15, -0.1) is 0 Å². The third-order valence-electron chi connectivity index (χ3n) is 4.40. The van der Waals surface area contributed by atoms with Crippen LogP contribution in [0.1, 0.15) is 38.5 Å². The second-order valence-corrected chi connectivity index (χ2v) is 5.65. The Morgan fingerprint density at radius 1 is 1.21 bits per heavy atom. The van der Waals surface area contributed by atoms with Gasteiger partial charge in [0.1, 0.15) is 0 Å². The van der Waals surface area contributed by atoms with E-state index in [1.807, 2.05) is 9.80 Å². The molecule has 0 bridgehead atoms. The first-order chi connectivity index (χ1) is 9.26. The molecule has 2 unspecified atom stereocenters. The van der Waals surface area contributed by atoms with Crippen molar-refractivity contribution < 1.29 is 9.53 Å². The van der Waals surface area contributed by atoms with Gasteiger partial charge in [-0.3, -0.25) is 0 Å². The summed E-state index contributed by atoms with van der Waals surface area (Å²) < 4.78 is 5.41. The Labute approximate surface area is 116 Å². The van der Waals surface area contributed by atoms with Crippen LogP contribution in [-0.2, 0) is 4.74 Å². The molecule has 5 heteroatoms. The van der Waals surface area contributed by atoms with E-state index in [-0.39, 0.29) is 18.2 Å². The lowest BCUT2D eigenvalue weighted by Crippen LogP contribution is -2.55. The molecule has 110 valence electrons. The molecular weight excluding hydrogens is 242 g/mol. The van der Waals surface area contributed by atoms with Crippen molar-refractivity contribution >= 4 is 6.03 Å². The van der Waals surface area contributed by atoms with Crippen LogP contribution >= 0.6 is 0 Å². The van der Waals surface area contributed by atoms with Gasteiger partial charge < -0.3 is 20.3 Å². The van der Waals surface area contributed by atoms with E-state index >= 15 is 0 Å². The van der Waals surface area contributed by atoms with Crippen molar-refractivity contribution in [3.8, 4) is 0 Å². The number of carbonyl (C=O) groups excluding carboxylic acids is 1. The molecule has 2 aliphatic heterocycles. The predicted octanol–water partition coefficient (Wildman–Crippen LogP) is 1.42. The summed E-state index contributed by atoms with van der Waals surface area (Å²) in [6.07, 6.45) is 6.80. The molecule has 0 radical (unpaired) electrons. The Morgan fingerprint density at radius 3 is 2.47 bits per heavy atom. The van der Waals surface area contributed by atoms with Crippen LogP contribution in [0.3, 0.4) is 0 Å². The smallest absolute Gasteiger partial charge is 0.320 e. The molecule has 0 spiro atoms. The fraction of sp³-hybridized carbons (Fsp3) is 0.929. The maximum atomic E-state index is 12.6. The Morgan fingerprint density at radius 2 is 1.89 bits per heavy atom. The van der Waals surface area contributed by atoms with E-state index in [4.69, 9.17) is 10.5 Å². The van der Waals surface area contributed by atoms with Gasteiger partial charge in [0.05, 0.1) is 6.10 Å². The molecule has 2 heterocycles. The molecule has 2 fully saturated rings. The highest BCUT2D eigenvalue weighted by Crippen LogP contribution is 2.21. The van der Waals surface area contributed by atoms with Gasteiger partial charge in [0, 0.05) is 39.3 Å². The van der Waals surface area contributed by atoms with Crippen molar-refractivity contribution in [1.29, 1.82) is 0 Å². The van der Waals surface area contributed by atoms with Crippen LogP contribution in [0.25, 0.3) is 0 Å². The van der Waals surface area contributed by atoms with Crippen molar-refractivity contribution in [2.24, 2.45) is 5.73 Å². The normalized spacial score (nSPS) is 29.2. The number of hydrogen-bond donors (Lipinski definition) is 1. The predicted molar refractivity (Wildman–Crippen MR) is 75.0 cm³/mol. The quantitative estimate of drug-likeness (QED) is 0.825. The largest absolute Gasteiger partial charge is 0.381 e. The first-order valence-electron chi connectivity index (χ1n) is 7.54. The van der Waals surface area contributed by atoms with Crippen LogP contribution in [0.2, 0.25) is 0 Å². The molecule has 2 aliphatic rings. The van der Waals surface area contributed by atoms with Gasteiger partial charge >= 0.3 is 6.03 Å². The molecule has 5 nitrogen and oxygen atoms in total. The van der Waals surface area contributed by atoms with E-state index in [0.717, 1.165) is 45.3 Å². The third kappa shape index (κ3) is 3.60. The minimum Gasteiger partial charge on any atom is -0.381 e. The maximum Gasteiger partial charge on any atom is 0.320 e. The topological polar surface area (TPSA) is 58.8 Å². The number of urea groups is 1. The summed E-state index contributed by atoms with van der Waals surface area (Å²) in [6.45, 7) is 3.11. The number of piperidine rings is 1. The van der Waals surface area contributed by atoms with Crippen LogP contribution in [0.4, 0.5) is 4.79 Å². The van der Waals surface area contributed by atoms with Gasteiger partial charge in [0.25, 0.3) is 0 Å². The molecule has 0 aromatic rings. The average Bonchev–Trinajstić information content (AvgIpc) is 2.74. The highest BCUT2D eigenvalue weighted by Gasteiger charge is 2.33. The van der Waals surface area contributed by atoms with Crippen LogP contribution < -0.4 is 5.73 Å². The number of amides is 2. The molecule has 2 atom stereocenters. The second kappa shape index (κ2) is 7.10. The van der Waals surface area contributed by atoms with Crippen molar-refractivity contribution in [2.75, 3.05) is 33.3 Å². The number of nitrogens with zero attached hydrogens (tertiary/aromatic N) is 2. The maximum absolute atomic E-state index is 12.6. The summed E-state index contributed by atoms with van der Waals surface area (Å²) >= 11 is 0. The zero-order chi connectivity index (χ0) is 13.7. The van der Waals surface area contributed by atoms with Gasteiger partial charge in [0.2, 0.25) is 0 Å². The number of carbonyl (C=O) groups is 1. The summed E-state index contributed by atoms with van der Waals surface area (Å²) in [6, 6.07) is 0.321. The van der Waals surface area contributed by atoms with Gasteiger partial charge in [-0.25, -0.2) is 4.79 Å². The van der Waals surface area contributed by atoms with Crippen LogP contribution in [0, 0.1) is 0 Å². The lowest BCUT2D eigenvalue weighted by atomic mass is 9.99. The highest BCUT2D eigenvalue weighted by atomic mass is 16.5. The van der Waals surface area contributed by atoms with Crippen molar-refractivity contribution in [3.63, 3.8) is 0 Å². The lowest BCUT2D eigenvalue weighted by molar-refractivity contribution is 0.0206. The van der Waals surface area contributed by atoms with Crippen molar-refractivity contribution in [3.05, 3.63) is 0 Å². The summed E-state index contributed by atoms with van der Waals surface area (Å²) in [4.78, 5) is 16.6. The zero-order valence-electron chi connectivity index (χ0n) is 12.0. The second-order valence-electron chi connectivity index (χ2n) is 5.65. The number of likely N-dealkylation sites (tertiary alicyclic amines) is 2. The van der Waals surface area contributed by atoms with Gasteiger partial charge in [-0.05, 0) is 25.7 Å². The third-order valence-corrected chi connectivity index (χ3v) is 4.40. The standard InChI is InChI=1S/C14H27N3O2/c1-19-13-6-9-17(12(10-13)11-15)14(18)16-7-4-2-3-5-8-16/h12-13H,2-11,15H2,1H3. The number of methoxy groups -OCH3 is 1. The van der Waals surface area contributed by atoms with Gasteiger partial charge in [-0.2, -0.15) is 0 Å². The number of nitrogens with two attached hydrogens (primary N) is 1. The fourth-order valence-electron chi connectivity index (χ4n) is 3.15. The monoisotopic (exact) mass is 269 g/mol. The Hall–Kier alpha value is -0.810. The summed E-state index contributed by atoms with van der Waals surface area (Å²) in [5, 5.41) is 0. The van der Waals surface area contributed by atoms with Gasteiger partial charge in [-0.1, -0.05) is 12.8 Å². The highest BCUT2D eigenvalue weighted by molar-refractivity contribution is 5.75. The SMILES string of the molecule is COC1CCN(C(=O)N2CCCCCC2)C(CN)C1. The van der Waals surface area contributed by atoms with E-state index in [1.54, 1.807) is 7.11 Å². The lowest BCUT2D eigenvalue weighted by Gasteiger charge is -2.40. The summed E-state index contributed by atoms with van der Waals surface area (Å²) in [7, 11) is 1.74.